The first-order valence-electron chi connectivity index (χ1n) is 13.1. The van der Waals surface area contributed by atoms with Gasteiger partial charge >= 0.3 is 12.1 Å². The van der Waals surface area contributed by atoms with E-state index in [1.165, 1.54) is 0 Å². The molecule has 2 rings (SSSR count). The fourth-order valence-electron chi connectivity index (χ4n) is 4.07. The molecular formula is C24H46N4O6. The summed E-state index contributed by atoms with van der Waals surface area (Å²) in [4.78, 5) is 31.5. The Morgan fingerprint density at radius 3 is 1.71 bits per heavy atom. The van der Waals surface area contributed by atoms with Gasteiger partial charge in [-0.2, -0.15) is 0 Å². The molecule has 2 fully saturated rings. The molecule has 0 aliphatic carbocycles. The molecule has 2 unspecified atom stereocenters. The standard InChI is InChI=1S/C24H46N4O6/c1-5-9-13-31-17-24-21(25-22(29)27(24)19-33-15-11-7-3)26(18-32-14-10-6-2)23(30)28(24)20-34-16-12-8-4/h21H,5-20H2,1-4H3,(H,25,29). The third-order valence-corrected chi connectivity index (χ3v) is 6.22. The van der Waals surface area contributed by atoms with Gasteiger partial charge < -0.3 is 24.3 Å². The predicted octanol–water partition coefficient (Wildman–Crippen LogP) is 3.91. The number of hydrogen-bond acceptors (Lipinski definition) is 6. The number of ether oxygens (including phenoxy) is 4. The molecule has 198 valence electrons. The number of urea groups is 2. The summed E-state index contributed by atoms with van der Waals surface area (Å²) < 4.78 is 23.6. The molecular weight excluding hydrogens is 440 g/mol. The van der Waals surface area contributed by atoms with Crippen LogP contribution in [0.2, 0.25) is 0 Å². The third kappa shape index (κ3) is 6.96. The van der Waals surface area contributed by atoms with Gasteiger partial charge in [0.15, 0.2) is 11.8 Å². The normalized spacial score (nSPS) is 22.1. The summed E-state index contributed by atoms with van der Waals surface area (Å²) in [5.41, 5.74) is -1.07. The molecule has 0 aromatic rings. The minimum absolute atomic E-state index is 0.0678. The van der Waals surface area contributed by atoms with E-state index in [4.69, 9.17) is 18.9 Å². The van der Waals surface area contributed by atoms with Crippen molar-refractivity contribution in [3.63, 3.8) is 0 Å². The third-order valence-electron chi connectivity index (χ3n) is 6.22. The lowest BCUT2D eigenvalue weighted by molar-refractivity contribution is -0.118. The van der Waals surface area contributed by atoms with Crippen molar-refractivity contribution in [3.05, 3.63) is 0 Å². The van der Waals surface area contributed by atoms with E-state index in [0.29, 0.717) is 26.4 Å². The van der Waals surface area contributed by atoms with Crippen molar-refractivity contribution in [1.82, 2.24) is 20.0 Å². The van der Waals surface area contributed by atoms with Crippen LogP contribution in [-0.4, -0.2) is 91.8 Å². The number of fused-ring (bicyclic) bond motifs is 1. The van der Waals surface area contributed by atoms with Gasteiger partial charge in [0.05, 0.1) is 6.61 Å². The molecule has 4 amide bonds. The van der Waals surface area contributed by atoms with Gasteiger partial charge in [0.1, 0.15) is 20.2 Å². The highest BCUT2D eigenvalue weighted by atomic mass is 16.5. The molecule has 2 saturated heterocycles. The van der Waals surface area contributed by atoms with Crippen molar-refractivity contribution < 1.29 is 28.5 Å². The van der Waals surface area contributed by atoms with Crippen molar-refractivity contribution in [2.24, 2.45) is 0 Å². The molecule has 2 atom stereocenters. The summed E-state index contributed by atoms with van der Waals surface area (Å²) in [6.07, 6.45) is 6.98. The molecule has 1 N–H and O–H groups in total. The fourth-order valence-corrected chi connectivity index (χ4v) is 4.07. The summed E-state index contributed by atoms with van der Waals surface area (Å²) in [5, 5.41) is 3.00. The maximum absolute atomic E-state index is 13.6. The number of nitrogens with zero attached hydrogens (tertiary/aromatic N) is 3. The van der Waals surface area contributed by atoms with Crippen LogP contribution in [-0.2, 0) is 18.9 Å². The van der Waals surface area contributed by atoms with Crippen LogP contribution in [0.4, 0.5) is 9.59 Å². The number of carbonyl (C=O) groups excluding carboxylic acids is 2. The topological polar surface area (TPSA) is 92.8 Å². The number of carbonyl (C=O) groups is 2. The van der Waals surface area contributed by atoms with E-state index in [0.717, 1.165) is 51.4 Å². The summed E-state index contributed by atoms with van der Waals surface area (Å²) in [6, 6.07) is -0.527. The Morgan fingerprint density at radius 2 is 1.18 bits per heavy atom. The molecule has 0 spiro atoms. The molecule has 0 saturated carbocycles. The van der Waals surface area contributed by atoms with Gasteiger partial charge in [-0.15, -0.1) is 0 Å². The minimum Gasteiger partial charge on any atom is -0.377 e. The zero-order chi connectivity index (χ0) is 24.8. The number of unbranched alkanes of at least 4 members (excludes halogenated alkanes) is 4. The molecule has 10 heteroatoms. The molecule has 34 heavy (non-hydrogen) atoms. The van der Waals surface area contributed by atoms with E-state index in [1.807, 2.05) is 0 Å². The molecule has 10 nitrogen and oxygen atoms in total. The van der Waals surface area contributed by atoms with Crippen molar-refractivity contribution in [2.45, 2.75) is 90.9 Å². The number of rotatable bonds is 20. The van der Waals surface area contributed by atoms with Crippen LogP contribution < -0.4 is 5.32 Å². The maximum atomic E-state index is 13.6. The van der Waals surface area contributed by atoms with Crippen LogP contribution in [0, 0.1) is 0 Å². The van der Waals surface area contributed by atoms with Gasteiger partial charge in [0.25, 0.3) is 0 Å². The molecule has 0 aromatic heterocycles. The number of amides is 4. The van der Waals surface area contributed by atoms with Crippen LogP contribution in [0.1, 0.15) is 79.1 Å². The van der Waals surface area contributed by atoms with E-state index < -0.39 is 11.8 Å². The van der Waals surface area contributed by atoms with Crippen molar-refractivity contribution in [2.75, 3.05) is 53.2 Å². The van der Waals surface area contributed by atoms with Crippen LogP contribution in [0.25, 0.3) is 0 Å². The molecule has 0 aromatic carbocycles. The van der Waals surface area contributed by atoms with Gasteiger partial charge in [-0.1, -0.05) is 53.4 Å². The van der Waals surface area contributed by atoms with Gasteiger partial charge in [0, 0.05) is 26.4 Å². The summed E-state index contributed by atoms with van der Waals surface area (Å²) in [7, 11) is 0. The average molecular weight is 487 g/mol. The monoisotopic (exact) mass is 486 g/mol. The lowest BCUT2D eigenvalue weighted by Gasteiger charge is -2.41. The lowest BCUT2D eigenvalue weighted by atomic mass is 10.1. The summed E-state index contributed by atoms with van der Waals surface area (Å²) >= 11 is 0. The second kappa shape index (κ2) is 15.4. The Bertz CT molecular complexity index is 610. The Kier molecular flexibility index (Phi) is 13.0. The number of hydrogen-bond donors (Lipinski definition) is 1. The quantitative estimate of drug-likeness (QED) is 0.262. The lowest BCUT2D eigenvalue weighted by Crippen LogP contribution is -2.63. The SMILES string of the molecule is CCCCOCN1C(=O)N(COCCCC)C2(COCCCC)C1NC(=O)N2COCCCC. The fraction of sp³-hybridized carbons (Fsp3) is 0.917. The zero-order valence-corrected chi connectivity index (χ0v) is 21.7. The van der Waals surface area contributed by atoms with Crippen LogP contribution >= 0.6 is 0 Å². The largest absolute Gasteiger partial charge is 0.377 e. The van der Waals surface area contributed by atoms with E-state index in [9.17, 15) is 9.59 Å². The van der Waals surface area contributed by atoms with Crippen LogP contribution in [0.15, 0.2) is 0 Å². The minimum atomic E-state index is -1.07. The Labute approximate surface area is 205 Å². The summed E-state index contributed by atoms with van der Waals surface area (Å²) in [6.45, 7) is 11.0. The molecule has 2 heterocycles. The maximum Gasteiger partial charge on any atom is 0.327 e. The van der Waals surface area contributed by atoms with E-state index >= 15 is 0 Å². The van der Waals surface area contributed by atoms with Crippen molar-refractivity contribution in [1.29, 1.82) is 0 Å². The van der Waals surface area contributed by atoms with Gasteiger partial charge in [-0.3, -0.25) is 14.7 Å². The molecule has 2 aliphatic heterocycles. The smallest absolute Gasteiger partial charge is 0.327 e. The van der Waals surface area contributed by atoms with Gasteiger partial charge in [-0.05, 0) is 25.7 Å². The van der Waals surface area contributed by atoms with Gasteiger partial charge in [-0.25, -0.2) is 9.59 Å². The van der Waals surface area contributed by atoms with Crippen molar-refractivity contribution >= 4 is 12.1 Å². The highest BCUT2D eigenvalue weighted by Gasteiger charge is 2.67. The Balaban J connectivity index is 2.30. The predicted molar refractivity (Wildman–Crippen MR) is 129 cm³/mol. The zero-order valence-electron chi connectivity index (χ0n) is 21.7. The van der Waals surface area contributed by atoms with E-state index in [2.05, 4.69) is 33.0 Å². The molecule has 2 aliphatic rings. The van der Waals surface area contributed by atoms with Crippen LogP contribution in [0.3, 0.4) is 0 Å². The Hall–Kier alpha value is -1.62. The van der Waals surface area contributed by atoms with Gasteiger partial charge in [0.2, 0.25) is 0 Å². The molecule has 0 radical (unpaired) electrons. The first-order valence-corrected chi connectivity index (χ1v) is 13.1. The first-order chi connectivity index (χ1) is 16.6. The highest BCUT2D eigenvalue weighted by Crippen LogP contribution is 2.39. The van der Waals surface area contributed by atoms with E-state index in [-0.39, 0.29) is 38.9 Å². The van der Waals surface area contributed by atoms with E-state index in [1.54, 1.807) is 14.7 Å². The van der Waals surface area contributed by atoms with Crippen molar-refractivity contribution in [3.8, 4) is 0 Å². The molecule has 0 bridgehead atoms. The second-order valence-corrected chi connectivity index (χ2v) is 8.92. The highest BCUT2D eigenvalue weighted by molar-refractivity contribution is 5.86. The second-order valence-electron chi connectivity index (χ2n) is 8.92. The average Bonchev–Trinajstić information content (AvgIpc) is 3.22. The first kappa shape index (κ1) is 28.6. The summed E-state index contributed by atoms with van der Waals surface area (Å²) in [5.74, 6) is 0. The Morgan fingerprint density at radius 1 is 0.706 bits per heavy atom. The van der Waals surface area contributed by atoms with Crippen LogP contribution in [0.5, 0.6) is 0 Å². The number of nitrogens with one attached hydrogen (secondary N) is 1.